The van der Waals surface area contributed by atoms with Crippen LogP contribution in [0.25, 0.3) is 5.69 Å². The summed E-state index contributed by atoms with van der Waals surface area (Å²) >= 11 is 7.68. The second-order valence-electron chi connectivity index (χ2n) is 5.41. The van der Waals surface area contributed by atoms with Gasteiger partial charge in [0.15, 0.2) is 0 Å². The standard InChI is InChI=1S/C17H13ClN4OS/c18-12-5-6-14(22-10-19-9-20-22)13(8-12)21-17(23)16-7-11-3-1-2-4-15(11)24-16/h1-6,8-10,16H,7H2,(H,21,23). The van der Waals surface area contributed by atoms with Gasteiger partial charge in [-0.2, -0.15) is 5.10 Å². The van der Waals surface area contributed by atoms with Crippen molar-refractivity contribution in [1.29, 1.82) is 0 Å². The number of carbonyl (C=O) groups is 1. The van der Waals surface area contributed by atoms with Crippen molar-refractivity contribution in [2.45, 2.75) is 16.6 Å². The first-order valence-corrected chi connectivity index (χ1v) is 8.66. The van der Waals surface area contributed by atoms with Crippen LogP contribution in [0.1, 0.15) is 5.56 Å². The Kier molecular flexibility index (Phi) is 4.00. The number of nitrogens with one attached hydrogen (secondary N) is 1. The highest BCUT2D eigenvalue weighted by molar-refractivity contribution is 8.01. The van der Waals surface area contributed by atoms with E-state index in [1.54, 1.807) is 34.9 Å². The van der Waals surface area contributed by atoms with Gasteiger partial charge in [0.2, 0.25) is 5.91 Å². The molecule has 24 heavy (non-hydrogen) atoms. The van der Waals surface area contributed by atoms with Crippen LogP contribution in [0.5, 0.6) is 0 Å². The zero-order chi connectivity index (χ0) is 16.5. The highest BCUT2D eigenvalue weighted by Gasteiger charge is 2.28. The van der Waals surface area contributed by atoms with Crippen LogP contribution < -0.4 is 5.32 Å². The molecule has 4 rings (SSSR count). The fourth-order valence-electron chi connectivity index (χ4n) is 2.68. The van der Waals surface area contributed by atoms with Crippen LogP contribution in [0, 0.1) is 0 Å². The quantitative estimate of drug-likeness (QED) is 0.779. The lowest BCUT2D eigenvalue weighted by Gasteiger charge is -2.14. The summed E-state index contributed by atoms with van der Waals surface area (Å²) in [6, 6.07) is 13.4. The minimum atomic E-state index is -0.148. The average molecular weight is 357 g/mol. The van der Waals surface area contributed by atoms with Crippen molar-refractivity contribution in [3.05, 3.63) is 65.7 Å². The number of aromatic nitrogens is 3. The molecule has 0 saturated heterocycles. The van der Waals surface area contributed by atoms with Gasteiger partial charge in [-0.15, -0.1) is 11.8 Å². The first-order chi connectivity index (χ1) is 11.7. The molecule has 1 atom stereocenters. The van der Waals surface area contributed by atoms with E-state index in [2.05, 4.69) is 21.5 Å². The number of carbonyl (C=O) groups excluding carboxylic acids is 1. The van der Waals surface area contributed by atoms with Gasteiger partial charge in [0.05, 0.1) is 16.6 Å². The third kappa shape index (κ3) is 2.90. The van der Waals surface area contributed by atoms with Gasteiger partial charge in [-0.05, 0) is 36.2 Å². The highest BCUT2D eigenvalue weighted by Crippen LogP contribution is 2.37. The van der Waals surface area contributed by atoms with Crippen molar-refractivity contribution in [1.82, 2.24) is 14.8 Å². The van der Waals surface area contributed by atoms with Gasteiger partial charge in [0.25, 0.3) is 0 Å². The van der Waals surface area contributed by atoms with Crippen LogP contribution in [0.2, 0.25) is 5.02 Å². The predicted molar refractivity (Wildman–Crippen MR) is 94.8 cm³/mol. The van der Waals surface area contributed by atoms with Gasteiger partial charge in [-0.25, -0.2) is 9.67 Å². The Labute approximate surface area is 148 Å². The first-order valence-electron chi connectivity index (χ1n) is 7.41. The molecule has 1 unspecified atom stereocenters. The largest absolute Gasteiger partial charge is 0.323 e. The maximum Gasteiger partial charge on any atom is 0.238 e. The summed E-state index contributed by atoms with van der Waals surface area (Å²) in [5, 5.41) is 7.51. The van der Waals surface area contributed by atoms with Gasteiger partial charge in [-0.3, -0.25) is 4.79 Å². The van der Waals surface area contributed by atoms with Crippen LogP contribution in [-0.4, -0.2) is 25.9 Å². The van der Waals surface area contributed by atoms with Crippen molar-refractivity contribution in [2.24, 2.45) is 0 Å². The molecule has 120 valence electrons. The van der Waals surface area contributed by atoms with Crippen molar-refractivity contribution < 1.29 is 4.79 Å². The molecule has 5 nitrogen and oxygen atoms in total. The SMILES string of the molecule is O=C(Nc1cc(Cl)ccc1-n1cncn1)C1Cc2ccccc2S1. The van der Waals surface area contributed by atoms with E-state index >= 15 is 0 Å². The molecule has 1 aliphatic heterocycles. The van der Waals surface area contributed by atoms with Gasteiger partial charge in [-0.1, -0.05) is 29.8 Å². The van der Waals surface area contributed by atoms with E-state index in [-0.39, 0.29) is 11.2 Å². The molecule has 1 N–H and O–H groups in total. The molecule has 3 aromatic rings. The minimum absolute atomic E-state index is 0.0418. The molecule has 2 aromatic carbocycles. The average Bonchev–Trinajstić information content (AvgIpc) is 3.24. The molecular weight excluding hydrogens is 344 g/mol. The van der Waals surface area contributed by atoms with E-state index in [1.165, 1.54) is 16.8 Å². The van der Waals surface area contributed by atoms with Crippen LogP contribution in [0.4, 0.5) is 5.69 Å². The number of thioether (sulfide) groups is 1. The van der Waals surface area contributed by atoms with Crippen molar-refractivity contribution in [2.75, 3.05) is 5.32 Å². The fourth-order valence-corrected chi connectivity index (χ4v) is 4.05. The van der Waals surface area contributed by atoms with Crippen LogP contribution in [0.15, 0.2) is 60.0 Å². The second-order valence-corrected chi connectivity index (χ2v) is 7.09. The molecule has 2 heterocycles. The Morgan fingerprint density at radius 3 is 2.96 bits per heavy atom. The van der Waals surface area contributed by atoms with Gasteiger partial charge >= 0.3 is 0 Å². The summed E-state index contributed by atoms with van der Waals surface area (Å²) in [5.41, 5.74) is 2.56. The molecule has 1 aliphatic rings. The van der Waals surface area contributed by atoms with Crippen LogP contribution >= 0.6 is 23.4 Å². The Bertz CT molecular complexity index is 872. The summed E-state index contributed by atoms with van der Waals surface area (Å²) < 4.78 is 1.60. The van der Waals surface area contributed by atoms with E-state index in [0.29, 0.717) is 10.7 Å². The Balaban J connectivity index is 1.58. The minimum Gasteiger partial charge on any atom is -0.323 e. The number of nitrogens with zero attached hydrogens (tertiary/aromatic N) is 3. The number of rotatable bonds is 3. The van der Waals surface area contributed by atoms with E-state index in [9.17, 15) is 4.79 Å². The molecule has 0 bridgehead atoms. The lowest BCUT2D eigenvalue weighted by Crippen LogP contribution is -2.25. The smallest absolute Gasteiger partial charge is 0.238 e. The first kappa shape index (κ1) is 15.2. The second kappa shape index (κ2) is 6.30. The summed E-state index contributed by atoms with van der Waals surface area (Å²) in [6.45, 7) is 0. The van der Waals surface area contributed by atoms with Crippen molar-refractivity contribution in [3.8, 4) is 5.69 Å². The highest BCUT2D eigenvalue weighted by atomic mass is 35.5. The summed E-state index contributed by atoms with van der Waals surface area (Å²) in [7, 11) is 0. The molecule has 1 aromatic heterocycles. The zero-order valence-electron chi connectivity index (χ0n) is 12.5. The molecule has 1 amide bonds. The Morgan fingerprint density at radius 2 is 2.17 bits per heavy atom. The third-order valence-corrected chi connectivity index (χ3v) is 5.37. The molecule has 0 saturated carbocycles. The monoisotopic (exact) mass is 356 g/mol. The number of anilines is 1. The van der Waals surface area contributed by atoms with E-state index in [4.69, 9.17) is 11.6 Å². The zero-order valence-corrected chi connectivity index (χ0v) is 14.1. The van der Waals surface area contributed by atoms with Gasteiger partial charge in [0, 0.05) is 9.92 Å². The lowest BCUT2D eigenvalue weighted by molar-refractivity contribution is -0.115. The van der Waals surface area contributed by atoms with Crippen molar-refractivity contribution in [3.63, 3.8) is 0 Å². The number of fused-ring (bicyclic) bond motifs is 1. The lowest BCUT2D eigenvalue weighted by atomic mass is 10.1. The summed E-state index contributed by atoms with van der Waals surface area (Å²) in [4.78, 5) is 17.8. The number of halogens is 1. The third-order valence-electron chi connectivity index (χ3n) is 3.82. The van der Waals surface area contributed by atoms with Crippen molar-refractivity contribution >= 4 is 35.0 Å². The summed E-state index contributed by atoms with van der Waals surface area (Å²) in [5.74, 6) is -0.0418. The number of amides is 1. The predicted octanol–water partition coefficient (Wildman–Crippen LogP) is 3.58. The fraction of sp³-hybridized carbons (Fsp3) is 0.118. The molecule has 0 aliphatic carbocycles. The van der Waals surface area contributed by atoms with E-state index < -0.39 is 0 Å². The van der Waals surface area contributed by atoms with E-state index in [1.807, 2.05) is 24.3 Å². The van der Waals surface area contributed by atoms with Crippen LogP contribution in [-0.2, 0) is 11.2 Å². The maximum absolute atomic E-state index is 12.7. The molecular formula is C17H13ClN4OS. The normalized spacial score (nSPS) is 16.0. The van der Waals surface area contributed by atoms with Crippen LogP contribution in [0.3, 0.4) is 0 Å². The van der Waals surface area contributed by atoms with Gasteiger partial charge < -0.3 is 5.32 Å². The summed E-state index contributed by atoms with van der Waals surface area (Å²) in [6.07, 6.45) is 3.76. The Morgan fingerprint density at radius 1 is 1.29 bits per heavy atom. The van der Waals surface area contributed by atoms with E-state index in [0.717, 1.165) is 12.1 Å². The number of hydrogen-bond acceptors (Lipinski definition) is 4. The van der Waals surface area contributed by atoms with Gasteiger partial charge in [0.1, 0.15) is 12.7 Å². The molecule has 0 radical (unpaired) electrons. The molecule has 0 spiro atoms. The molecule has 7 heteroatoms. The number of benzene rings is 2. The molecule has 0 fully saturated rings. The number of hydrogen-bond donors (Lipinski definition) is 1. The maximum atomic E-state index is 12.7. The Hall–Kier alpha value is -2.31. The topological polar surface area (TPSA) is 59.8 Å².